The number of pyridine rings is 1. The first-order chi connectivity index (χ1) is 6.09. The molecule has 4 nitrogen and oxygen atoms in total. The highest BCUT2D eigenvalue weighted by Crippen LogP contribution is 2.26. The summed E-state index contributed by atoms with van der Waals surface area (Å²) in [5, 5.41) is 0. The Morgan fingerprint density at radius 1 is 1.23 bits per heavy atom. The summed E-state index contributed by atoms with van der Waals surface area (Å²) in [6, 6.07) is 0. The van der Waals surface area contributed by atoms with Gasteiger partial charge >= 0.3 is 5.69 Å². The van der Waals surface area contributed by atoms with E-state index in [1.165, 1.54) is 0 Å². The van der Waals surface area contributed by atoms with Crippen LogP contribution in [0.3, 0.4) is 0 Å². The number of aromatic nitrogens is 3. The molecule has 0 atom stereocenters. The number of aromatic amines is 2. The fourth-order valence-corrected chi connectivity index (χ4v) is 1.84. The van der Waals surface area contributed by atoms with Crippen LogP contribution in [0, 0.1) is 5.95 Å². The number of halogens is 3. The fraction of sp³-hybridized carbons (Fsp3) is 0. The van der Waals surface area contributed by atoms with Crippen molar-refractivity contribution >= 4 is 42.9 Å². The molecule has 2 N–H and O–H groups in total. The van der Waals surface area contributed by atoms with E-state index in [1.54, 1.807) is 0 Å². The van der Waals surface area contributed by atoms with Gasteiger partial charge in [-0.3, -0.25) is 0 Å². The monoisotopic (exact) mass is 309 g/mol. The second-order valence-electron chi connectivity index (χ2n) is 2.34. The molecular weight excluding hydrogens is 309 g/mol. The van der Waals surface area contributed by atoms with Crippen molar-refractivity contribution in [2.45, 2.75) is 0 Å². The van der Waals surface area contributed by atoms with Gasteiger partial charge in [-0.2, -0.15) is 4.39 Å². The van der Waals surface area contributed by atoms with E-state index in [4.69, 9.17) is 0 Å². The maximum absolute atomic E-state index is 13.0. The molecule has 0 aliphatic rings. The summed E-state index contributed by atoms with van der Waals surface area (Å²) in [5.41, 5.74) is 0.409. The molecule has 7 heteroatoms. The third-order valence-electron chi connectivity index (χ3n) is 1.53. The first kappa shape index (κ1) is 8.89. The Morgan fingerprint density at radius 2 is 1.85 bits per heavy atom. The maximum Gasteiger partial charge on any atom is 0.323 e. The van der Waals surface area contributed by atoms with E-state index in [1.807, 2.05) is 0 Å². The van der Waals surface area contributed by atoms with E-state index in [0.29, 0.717) is 11.0 Å². The summed E-state index contributed by atoms with van der Waals surface area (Å²) in [4.78, 5) is 19.3. The van der Waals surface area contributed by atoms with Crippen molar-refractivity contribution in [3.63, 3.8) is 0 Å². The molecular formula is C6H2Br2FN3O. The first-order valence-corrected chi connectivity index (χ1v) is 4.80. The molecule has 0 unspecified atom stereocenters. The lowest BCUT2D eigenvalue weighted by atomic mass is 10.4. The molecule has 0 radical (unpaired) electrons. The molecule has 0 saturated heterocycles. The average Bonchev–Trinajstić information content (AvgIpc) is 2.44. The number of imidazole rings is 1. The molecule has 0 fully saturated rings. The van der Waals surface area contributed by atoms with Gasteiger partial charge < -0.3 is 9.97 Å². The molecule has 0 aliphatic carbocycles. The molecule has 0 amide bonds. The third kappa shape index (κ3) is 1.31. The van der Waals surface area contributed by atoms with Gasteiger partial charge in [-0.1, -0.05) is 0 Å². The van der Waals surface area contributed by atoms with Crippen molar-refractivity contribution in [3.8, 4) is 0 Å². The molecule has 2 aromatic heterocycles. The lowest BCUT2D eigenvalue weighted by molar-refractivity contribution is 0.577. The molecule has 0 spiro atoms. The lowest BCUT2D eigenvalue weighted by Gasteiger charge is -1.96. The number of nitrogens with zero attached hydrogens (tertiary/aromatic N) is 1. The van der Waals surface area contributed by atoms with Crippen LogP contribution >= 0.6 is 31.9 Å². The van der Waals surface area contributed by atoms with E-state index >= 15 is 0 Å². The van der Waals surface area contributed by atoms with Crippen molar-refractivity contribution in [3.05, 3.63) is 25.5 Å². The number of fused-ring (bicyclic) bond motifs is 1. The largest absolute Gasteiger partial charge is 0.323 e. The molecule has 0 aromatic carbocycles. The van der Waals surface area contributed by atoms with Gasteiger partial charge in [0, 0.05) is 0 Å². The quantitative estimate of drug-likeness (QED) is 0.730. The minimum Gasteiger partial charge on any atom is -0.304 e. The van der Waals surface area contributed by atoms with Gasteiger partial charge in [-0.25, -0.2) is 9.78 Å². The number of hydrogen-bond acceptors (Lipinski definition) is 2. The van der Waals surface area contributed by atoms with Crippen LogP contribution in [0.1, 0.15) is 0 Å². The van der Waals surface area contributed by atoms with Crippen LogP contribution < -0.4 is 5.69 Å². The van der Waals surface area contributed by atoms with Crippen LogP contribution in [0.25, 0.3) is 11.0 Å². The van der Waals surface area contributed by atoms with Gasteiger partial charge in [-0.05, 0) is 31.9 Å². The summed E-state index contributed by atoms with van der Waals surface area (Å²) in [5.74, 6) is -0.672. The summed E-state index contributed by atoms with van der Waals surface area (Å²) in [7, 11) is 0. The fourth-order valence-electron chi connectivity index (χ4n) is 0.997. The van der Waals surface area contributed by atoms with E-state index in [0.717, 1.165) is 0 Å². The van der Waals surface area contributed by atoms with Crippen molar-refractivity contribution in [1.82, 2.24) is 15.0 Å². The van der Waals surface area contributed by atoms with Gasteiger partial charge in [0.15, 0.2) is 0 Å². The summed E-state index contributed by atoms with van der Waals surface area (Å²) in [6.07, 6.45) is 0. The summed E-state index contributed by atoms with van der Waals surface area (Å²) < 4.78 is 13.4. The van der Waals surface area contributed by atoms with Crippen LogP contribution in [0.5, 0.6) is 0 Å². The zero-order valence-corrected chi connectivity index (χ0v) is 9.16. The standard InChI is InChI=1S/C6H2Br2FN3O/c7-1-2-3(11-6(13)10-2)4(8)12-5(1)9/h(H2,10,11,13). The maximum atomic E-state index is 13.0. The molecule has 68 valence electrons. The van der Waals surface area contributed by atoms with Crippen LogP contribution in [0.2, 0.25) is 0 Å². The first-order valence-electron chi connectivity index (χ1n) is 3.22. The predicted molar refractivity (Wildman–Crippen MR) is 52.1 cm³/mol. The number of rotatable bonds is 0. The molecule has 13 heavy (non-hydrogen) atoms. The highest BCUT2D eigenvalue weighted by Gasteiger charge is 2.12. The summed E-state index contributed by atoms with van der Waals surface area (Å²) >= 11 is 6.01. The predicted octanol–water partition coefficient (Wildman–Crippen LogP) is 1.92. The molecule has 2 aromatic rings. The number of H-pyrrole nitrogens is 2. The zero-order valence-electron chi connectivity index (χ0n) is 5.99. The van der Waals surface area contributed by atoms with E-state index in [2.05, 4.69) is 46.8 Å². The van der Waals surface area contributed by atoms with Gasteiger partial charge in [0.1, 0.15) is 10.1 Å². The Labute approximate surface area is 87.8 Å². The highest BCUT2D eigenvalue weighted by atomic mass is 79.9. The molecule has 2 rings (SSSR count). The molecule has 2 heterocycles. The minimum absolute atomic E-state index is 0.143. The van der Waals surface area contributed by atoms with Gasteiger partial charge in [0.25, 0.3) is 0 Å². The molecule has 0 bridgehead atoms. The van der Waals surface area contributed by atoms with E-state index in [9.17, 15) is 9.18 Å². The number of nitrogens with one attached hydrogen (secondary N) is 2. The van der Waals surface area contributed by atoms with Gasteiger partial charge in [-0.15, -0.1) is 0 Å². The second kappa shape index (κ2) is 2.91. The second-order valence-corrected chi connectivity index (χ2v) is 3.88. The van der Waals surface area contributed by atoms with Crippen molar-refractivity contribution in [2.24, 2.45) is 0 Å². The number of hydrogen-bond donors (Lipinski definition) is 2. The minimum atomic E-state index is -0.672. The highest BCUT2D eigenvalue weighted by molar-refractivity contribution is 9.11. The van der Waals surface area contributed by atoms with E-state index in [-0.39, 0.29) is 9.08 Å². The van der Waals surface area contributed by atoms with Crippen LogP contribution in [-0.2, 0) is 0 Å². The lowest BCUT2D eigenvalue weighted by Crippen LogP contribution is -1.99. The summed E-state index contributed by atoms with van der Waals surface area (Å²) in [6.45, 7) is 0. The Morgan fingerprint density at radius 3 is 2.54 bits per heavy atom. The molecule has 0 saturated carbocycles. The average molecular weight is 311 g/mol. The third-order valence-corrected chi connectivity index (χ3v) is 2.83. The Bertz CT molecular complexity index is 532. The van der Waals surface area contributed by atoms with Crippen LogP contribution in [0.15, 0.2) is 13.9 Å². The normalized spacial score (nSPS) is 11.0. The van der Waals surface area contributed by atoms with E-state index < -0.39 is 11.6 Å². The SMILES string of the molecule is O=c1[nH]c2c(Br)nc(F)c(Br)c2[nH]1. The molecule has 0 aliphatic heterocycles. The smallest absolute Gasteiger partial charge is 0.304 e. The Kier molecular flexibility index (Phi) is 1.99. The Balaban J connectivity index is 3.04. The van der Waals surface area contributed by atoms with Gasteiger partial charge in [0.05, 0.1) is 9.99 Å². The van der Waals surface area contributed by atoms with Gasteiger partial charge in [0.2, 0.25) is 5.95 Å². The zero-order chi connectivity index (χ0) is 9.59. The van der Waals surface area contributed by atoms with Crippen LogP contribution in [-0.4, -0.2) is 15.0 Å². The topological polar surface area (TPSA) is 61.5 Å². The van der Waals surface area contributed by atoms with Crippen LogP contribution in [0.4, 0.5) is 4.39 Å². The van der Waals surface area contributed by atoms with Crippen molar-refractivity contribution in [2.75, 3.05) is 0 Å². The van der Waals surface area contributed by atoms with Crippen molar-refractivity contribution in [1.29, 1.82) is 0 Å². The Hall–Kier alpha value is -0.690. The van der Waals surface area contributed by atoms with Crippen molar-refractivity contribution < 1.29 is 4.39 Å².